The highest BCUT2D eigenvalue weighted by Crippen LogP contribution is 2.21. The minimum atomic E-state index is -4.15. The van der Waals surface area contributed by atoms with E-state index in [0.29, 0.717) is 5.69 Å². The zero-order valence-electron chi connectivity index (χ0n) is 18.5. The van der Waals surface area contributed by atoms with Crippen LogP contribution in [0.25, 0.3) is 0 Å². The molecule has 3 aromatic carbocycles. The van der Waals surface area contributed by atoms with Crippen LogP contribution in [0, 0.1) is 6.92 Å². The van der Waals surface area contributed by atoms with Gasteiger partial charge in [-0.15, -0.1) is 0 Å². The third-order valence-electron chi connectivity index (χ3n) is 4.99. The van der Waals surface area contributed by atoms with Crippen LogP contribution in [0.3, 0.4) is 0 Å². The molecule has 1 aliphatic rings. The molecule has 0 fully saturated rings. The lowest BCUT2D eigenvalue weighted by molar-refractivity contribution is -0.111. The summed E-state index contributed by atoms with van der Waals surface area (Å²) in [5.41, 5.74) is 1.27. The number of rotatable bonds is 7. The Hall–Kier alpha value is -4.02. The van der Waals surface area contributed by atoms with Crippen LogP contribution in [0.2, 0.25) is 0 Å². The molecule has 0 spiro atoms. The molecule has 10 heteroatoms. The maximum absolute atomic E-state index is 12.9. The minimum absolute atomic E-state index is 0.0427. The molecule has 1 aliphatic carbocycles. The number of aryl methyl sites for hydroxylation is 1. The summed E-state index contributed by atoms with van der Waals surface area (Å²) in [5.74, 6) is -0.657. The standard InChI is InChI=1S/C25H21N3O5S2/c1-18-12-14-19(15-13-18)26-22-17-25(29)24(28-35(32,33)21-10-6-3-7-11-21)16-23(22)27-34(30,31)20-8-4-2-5-9-20/h2-17,26,28H,1H3/b27-23+. The van der Waals surface area contributed by atoms with Crippen molar-refractivity contribution in [1.82, 2.24) is 4.72 Å². The number of benzene rings is 3. The average molecular weight is 508 g/mol. The lowest BCUT2D eigenvalue weighted by Gasteiger charge is -2.18. The molecular weight excluding hydrogens is 486 g/mol. The van der Waals surface area contributed by atoms with Gasteiger partial charge in [0.1, 0.15) is 5.71 Å². The Balaban J connectivity index is 1.75. The van der Waals surface area contributed by atoms with E-state index in [1.807, 2.05) is 19.1 Å². The Morgan fingerprint density at radius 3 is 1.86 bits per heavy atom. The Kier molecular flexibility index (Phi) is 6.68. The normalized spacial score (nSPS) is 15.3. The number of carbonyl (C=O) groups is 1. The number of hydrogen-bond donors (Lipinski definition) is 2. The van der Waals surface area contributed by atoms with Gasteiger partial charge in [0.25, 0.3) is 20.0 Å². The number of hydrogen-bond acceptors (Lipinski definition) is 6. The van der Waals surface area contributed by atoms with E-state index in [2.05, 4.69) is 14.4 Å². The molecule has 2 N–H and O–H groups in total. The quantitative estimate of drug-likeness (QED) is 0.472. The van der Waals surface area contributed by atoms with Crippen molar-refractivity contribution in [2.45, 2.75) is 16.7 Å². The lowest BCUT2D eigenvalue weighted by Crippen LogP contribution is -2.31. The Morgan fingerprint density at radius 1 is 0.686 bits per heavy atom. The average Bonchev–Trinajstić information content (AvgIpc) is 2.84. The number of nitrogens with one attached hydrogen (secondary N) is 2. The third-order valence-corrected chi connectivity index (χ3v) is 7.67. The van der Waals surface area contributed by atoms with Gasteiger partial charge in [-0.1, -0.05) is 54.1 Å². The summed E-state index contributed by atoms with van der Waals surface area (Å²) in [6.45, 7) is 1.92. The van der Waals surface area contributed by atoms with E-state index in [9.17, 15) is 21.6 Å². The molecule has 4 rings (SSSR count). The summed E-state index contributed by atoms with van der Waals surface area (Å²) < 4.78 is 57.6. The monoisotopic (exact) mass is 507 g/mol. The van der Waals surface area contributed by atoms with Crippen LogP contribution >= 0.6 is 0 Å². The fraction of sp³-hybridized carbons (Fsp3) is 0.0400. The van der Waals surface area contributed by atoms with E-state index in [-0.39, 0.29) is 26.9 Å². The first kappa shape index (κ1) is 24.1. The van der Waals surface area contributed by atoms with E-state index >= 15 is 0 Å². The lowest BCUT2D eigenvalue weighted by atomic mass is 10.1. The summed E-state index contributed by atoms with van der Waals surface area (Å²) in [7, 11) is -8.24. The predicted octanol–water partition coefficient (Wildman–Crippen LogP) is 3.57. The molecule has 0 heterocycles. The second-order valence-corrected chi connectivity index (χ2v) is 10.9. The summed E-state index contributed by atoms with van der Waals surface area (Å²) >= 11 is 0. The van der Waals surface area contributed by atoms with Gasteiger partial charge in [0.05, 0.1) is 21.2 Å². The number of allylic oxidation sites excluding steroid dienone is 2. The number of carbonyl (C=O) groups excluding carboxylic acids is 1. The Labute approximate surface area is 203 Å². The number of nitrogens with zero attached hydrogens (tertiary/aromatic N) is 1. The van der Waals surface area contributed by atoms with Crippen molar-refractivity contribution in [3.63, 3.8) is 0 Å². The minimum Gasteiger partial charge on any atom is -0.354 e. The molecule has 0 unspecified atom stereocenters. The largest absolute Gasteiger partial charge is 0.354 e. The zero-order chi connectivity index (χ0) is 25.1. The van der Waals surface area contributed by atoms with Crippen LogP contribution in [0.4, 0.5) is 5.69 Å². The summed E-state index contributed by atoms with van der Waals surface area (Å²) in [5, 5.41) is 3.00. The van der Waals surface area contributed by atoms with Crippen LogP contribution < -0.4 is 10.0 Å². The summed E-state index contributed by atoms with van der Waals surface area (Å²) in [6, 6.07) is 22.3. The second-order valence-electron chi connectivity index (χ2n) is 7.65. The van der Waals surface area contributed by atoms with Crippen molar-refractivity contribution in [2.24, 2.45) is 4.40 Å². The van der Waals surface area contributed by atoms with Crippen LogP contribution in [-0.4, -0.2) is 28.3 Å². The van der Waals surface area contributed by atoms with Crippen molar-refractivity contribution in [3.05, 3.63) is 114 Å². The number of anilines is 1. The SMILES string of the molecule is Cc1ccc(NC2=CC(=O)C(NS(=O)(=O)c3ccccc3)=C/C2=N\S(=O)(=O)c2ccccc2)cc1. The van der Waals surface area contributed by atoms with E-state index in [1.54, 1.807) is 48.5 Å². The maximum atomic E-state index is 12.9. The molecule has 3 aromatic rings. The highest BCUT2D eigenvalue weighted by Gasteiger charge is 2.26. The van der Waals surface area contributed by atoms with Gasteiger partial charge in [0, 0.05) is 11.8 Å². The van der Waals surface area contributed by atoms with Gasteiger partial charge in [-0.25, -0.2) is 8.42 Å². The fourth-order valence-electron chi connectivity index (χ4n) is 3.19. The van der Waals surface area contributed by atoms with Crippen molar-refractivity contribution >= 4 is 37.2 Å². The van der Waals surface area contributed by atoms with Gasteiger partial charge in [-0.05, 0) is 49.4 Å². The molecule has 0 saturated heterocycles. The van der Waals surface area contributed by atoms with Crippen molar-refractivity contribution in [2.75, 3.05) is 5.32 Å². The highest BCUT2D eigenvalue weighted by molar-refractivity contribution is 7.90. The van der Waals surface area contributed by atoms with E-state index < -0.39 is 25.8 Å². The molecule has 0 radical (unpaired) electrons. The molecule has 0 amide bonds. The summed E-state index contributed by atoms with van der Waals surface area (Å²) in [4.78, 5) is 12.7. The van der Waals surface area contributed by atoms with Gasteiger partial charge in [-0.2, -0.15) is 12.8 Å². The molecule has 0 saturated carbocycles. The fourth-order valence-corrected chi connectivity index (χ4v) is 5.29. The van der Waals surface area contributed by atoms with Crippen molar-refractivity contribution < 1.29 is 21.6 Å². The van der Waals surface area contributed by atoms with Crippen LogP contribution in [-0.2, 0) is 24.8 Å². The first-order chi connectivity index (χ1) is 16.6. The summed E-state index contributed by atoms with van der Waals surface area (Å²) in [6.07, 6.45) is 2.22. The van der Waals surface area contributed by atoms with Crippen LogP contribution in [0.1, 0.15) is 5.56 Å². The molecule has 0 aliphatic heterocycles. The highest BCUT2D eigenvalue weighted by atomic mass is 32.2. The molecule has 178 valence electrons. The predicted molar refractivity (Wildman–Crippen MR) is 134 cm³/mol. The first-order valence-electron chi connectivity index (χ1n) is 10.4. The number of sulfonamides is 2. The van der Waals surface area contributed by atoms with Crippen LogP contribution in [0.15, 0.2) is 123 Å². The van der Waals surface area contributed by atoms with Crippen molar-refractivity contribution in [3.8, 4) is 0 Å². The van der Waals surface area contributed by atoms with Gasteiger partial charge in [-0.3, -0.25) is 9.52 Å². The van der Waals surface area contributed by atoms with Gasteiger partial charge in [0.2, 0.25) is 5.78 Å². The molecule has 8 nitrogen and oxygen atoms in total. The number of ketones is 1. The van der Waals surface area contributed by atoms with E-state index in [0.717, 1.165) is 17.7 Å². The van der Waals surface area contributed by atoms with Crippen molar-refractivity contribution in [1.29, 1.82) is 0 Å². The second kappa shape index (κ2) is 9.69. The van der Waals surface area contributed by atoms with Crippen LogP contribution in [0.5, 0.6) is 0 Å². The molecular formula is C25H21N3O5S2. The molecule has 0 atom stereocenters. The van der Waals surface area contributed by atoms with Gasteiger partial charge < -0.3 is 5.32 Å². The first-order valence-corrected chi connectivity index (χ1v) is 13.4. The molecule has 0 bridgehead atoms. The van der Waals surface area contributed by atoms with Gasteiger partial charge in [0.15, 0.2) is 0 Å². The molecule has 35 heavy (non-hydrogen) atoms. The maximum Gasteiger partial charge on any atom is 0.282 e. The van der Waals surface area contributed by atoms with E-state index in [1.165, 1.54) is 24.3 Å². The third kappa shape index (κ3) is 5.73. The van der Waals surface area contributed by atoms with E-state index in [4.69, 9.17) is 0 Å². The Bertz CT molecular complexity index is 1560. The topological polar surface area (TPSA) is 122 Å². The molecule has 0 aromatic heterocycles. The smallest absolute Gasteiger partial charge is 0.282 e. The zero-order valence-corrected chi connectivity index (χ0v) is 20.2. The van der Waals surface area contributed by atoms with Gasteiger partial charge >= 0.3 is 0 Å². The Morgan fingerprint density at radius 2 is 1.26 bits per heavy atom.